The highest BCUT2D eigenvalue weighted by Gasteiger charge is 2.15. The standard InChI is InChI=1S/C11H16ClNO/c1-3-10(13)11(14)8-5-4-7(2)9(12)6-8/h4-6,10-11,14H,3,13H2,1-2H3/t10-,11?/m1/s1. The van der Waals surface area contributed by atoms with Crippen LogP contribution in [-0.4, -0.2) is 11.1 Å². The summed E-state index contributed by atoms with van der Waals surface area (Å²) in [5.74, 6) is 0. The number of hydrogen-bond donors (Lipinski definition) is 2. The molecule has 0 bridgehead atoms. The summed E-state index contributed by atoms with van der Waals surface area (Å²) >= 11 is 5.95. The molecule has 2 atom stereocenters. The second-order valence-electron chi connectivity index (χ2n) is 3.53. The average molecular weight is 214 g/mol. The maximum absolute atomic E-state index is 9.82. The first-order chi connectivity index (χ1) is 6.56. The summed E-state index contributed by atoms with van der Waals surface area (Å²) in [5, 5.41) is 10.5. The van der Waals surface area contributed by atoms with Crippen LogP contribution in [0.4, 0.5) is 0 Å². The predicted molar refractivity (Wildman–Crippen MR) is 59.4 cm³/mol. The van der Waals surface area contributed by atoms with Gasteiger partial charge in [0, 0.05) is 11.1 Å². The zero-order valence-corrected chi connectivity index (χ0v) is 9.25. The number of nitrogens with two attached hydrogens (primary N) is 1. The van der Waals surface area contributed by atoms with Crippen LogP contribution in [0.3, 0.4) is 0 Å². The van der Waals surface area contributed by atoms with Gasteiger partial charge in [0.15, 0.2) is 0 Å². The van der Waals surface area contributed by atoms with Crippen molar-refractivity contribution in [2.45, 2.75) is 32.4 Å². The van der Waals surface area contributed by atoms with Crippen LogP contribution < -0.4 is 5.73 Å². The summed E-state index contributed by atoms with van der Waals surface area (Å²) in [6.07, 6.45) is 0.116. The van der Waals surface area contributed by atoms with Crippen LogP contribution >= 0.6 is 11.6 Å². The van der Waals surface area contributed by atoms with Gasteiger partial charge >= 0.3 is 0 Å². The van der Waals surface area contributed by atoms with Crippen molar-refractivity contribution in [3.05, 3.63) is 34.3 Å². The van der Waals surface area contributed by atoms with Gasteiger partial charge in [-0.15, -0.1) is 0 Å². The summed E-state index contributed by atoms with van der Waals surface area (Å²) in [7, 11) is 0. The van der Waals surface area contributed by atoms with E-state index in [-0.39, 0.29) is 6.04 Å². The van der Waals surface area contributed by atoms with Crippen molar-refractivity contribution in [3.63, 3.8) is 0 Å². The second kappa shape index (κ2) is 4.78. The van der Waals surface area contributed by atoms with Crippen LogP contribution in [-0.2, 0) is 0 Å². The van der Waals surface area contributed by atoms with Gasteiger partial charge in [0.05, 0.1) is 6.10 Å². The molecule has 1 unspecified atom stereocenters. The van der Waals surface area contributed by atoms with Crippen molar-refractivity contribution in [3.8, 4) is 0 Å². The Morgan fingerprint density at radius 2 is 2.14 bits per heavy atom. The Bertz CT molecular complexity index is 314. The normalized spacial score (nSPS) is 15.2. The zero-order valence-electron chi connectivity index (χ0n) is 8.50. The molecular formula is C11H16ClNO. The molecule has 1 aromatic carbocycles. The summed E-state index contributed by atoms with van der Waals surface area (Å²) in [6, 6.07) is 5.30. The van der Waals surface area contributed by atoms with E-state index in [1.54, 1.807) is 6.07 Å². The fourth-order valence-corrected chi connectivity index (χ4v) is 1.45. The minimum atomic E-state index is -0.627. The molecule has 0 aromatic heterocycles. The lowest BCUT2D eigenvalue weighted by Crippen LogP contribution is -2.27. The van der Waals surface area contributed by atoms with Gasteiger partial charge in [0.25, 0.3) is 0 Å². The molecule has 2 nitrogen and oxygen atoms in total. The van der Waals surface area contributed by atoms with Crippen LogP contribution in [0, 0.1) is 6.92 Å². The monoisotopic (exact) mass is 213 g/mol. The highest BCUT2D eigenvalue weighted by molar-refractivity contribution is 6.31. The number of benzene rings is 1. The molecule has 14 heavy (non-hydrogen) atoms. The van der Waals surface area contributed by atoms with Gasteiger partial charge in [-0.25, -0.2) is 0 Å². The molecule has 0 aliphatic rings. The van der Waals surface area contributed by atoms with Gasteiger partial charge < -0.3 is 10.8 Å². The van der Waals surface area contributed by atoms with E-state index in [2.05, 4.69) is 0 Å². The number of halogens is 1. The smallest absolute Gasteiger partial charge is 0.0941 e. The molecule has 3 N–H and O–H groups in total. The number of aryl methyl sites for hydroxylation is 1. The SMILES string of the molecule is CC[C@@H](N)C(O)c1ccc(C)c(Cl)c1. The molecular weight excluding hydrogens is 198 g/mol. The van der Waals surface area contributed by atoms with Gasteiger partial charge in [-0.1, -0.05) is 30.7 Å². The number of aliphatic hydroxyl groups excluding tert-OH is 1. The second-order valence-corrected chi connectivity index (χ2v) is 3.93. The Labute approximate surface area is 89.7 Å². The van der Waals surface area contributed by atoms with Gasteiger partial charge in [0.2, 0.25) is 0 Å². The Hall–Kier alpha value is -0.570. The molecule has 0 aliphatic carbocycles. The molecule has 0 amide bonds. The first-order valence-electron chi connectivity index (χ1n) is 4.76. The van der Waals surface area contributed by atoms with E-state index in [0.29, 0.717) is 5.02 Å². The average Bonchev–Trinajstić information content (AvgIpc) is 2.20. The topological polar surface area (TPSA) is 46.2 Å². The van der Waals surface area contributed by atoms with Crippen molar-refractivity contribution in [2.24, 2.45) is 5.73 Å². The van der Waals surface area contributed by atoms with Crippen LogP contribution in [0.15, 0.2) is 18.2 Å². The molecule has 78 valence electrons. The summed E-state index contributed by atoms with van der Waals surface area (Å²) in [6.45, 7) is 3.88. The molecule has 0 saturated heterocycles. The van der Waals surface area contributed by atoms with E-state index in [4.69, 9.17) is 17.3 Å². The van der Waals surface area contributed by atoms with Crippen molar-refractivity contribution < 1.29 is 5.11 Å². The fourth-order valence-electron chi connectivity index (χ4n) is 1.26. The minimum absolute atomic E-state index is 0.228. The van der Waals surface area contributed by atoms with Gasteiger partial charge in [-0.05, 0) is 30.5 Å². The Balaban J connectivity index is 2.91. The zero-order chi connectivity index (χ0) is 10.7. The molecule has 3 heteroatoms. The molecule has 0 aliphatic heterocycles. The van der Waals surface area contributed by atoms with E-state index in [9.17, 15) is 5.11 Å². The van der Waals surface area contributed by atoms with E-state index in [1.807, 2.05) is 26.0 Å². The maximum Gasteiger partial charge on any atom is 0.0941 e. The highest BCUT2D eigenvalue weighted by Crippen LogP contribution is 2.23. The number of aliphatic hydroxyl groups is 1. The third kappa shape index (κ3) is 2.47. The summed E-state index contributed by atoms with van der Waals surface area (Å²) in [4.78, 5) is 0. The Morgan fingerprint density at radius 1 is 1.50 bits per heavy atom. The van der Waals surface area contributed by atoms with Crippen molar-refractivity contribution in [2.75, 3.05) is 0 Å². The lowest BCUT2D eigenvalue weighted by molar-refractivity contribution is 0.144. The van der Waals surface area contributed by atoms with Crippen LogP contribution in [0.2, 0.25) is 5.02 Å². The predicted octanol–water partition coefficient (Wildman–Crippen LogP) is 2.42. The number of hydrogen-bond acceptors (Lipinski definition) is 2. The number of rotatable bonds is 3. The third-order valence-corrected chi connectivity index (χ3v) is 2.82. The molecule has 0 spiro atoms. The van der Waals surface area contributed by atoms with Crippen molar-refractivity contribution in [1.29, 1.82) is 0 Å². The largest absolute Gasteiger partial charge is 0.387 e. The van der Waals surface area contributed by atoms with E-state index in [1.165, 1.54) is 0 Å². The summed E-state index contributed by atoms with van der Waals surface area (Å²) < 4.78 is 0. The van der Waals surface area contributed by atoms with E-state index in [0.717, 1.165) is 17.5 Å². The van der Waals surface area contributed by atoms with E-state index < -0.39 is 6.10 Å². The van der Waals surface area contributed by atoms with Crippen molar-refractivity contribution >= 4 is 11.6 Å². The highest BCUT2D eigenvalue weighted by atomic mass is 35.5. The minimum Gasteiger partial charge on any atom is -0.387 e. The van der Waals surface area contributed by atoms with Crippen LogP contribution in [0.1, 0.15) is 30.6 Å². The van der Waals surface area contributed by atoms with E-state index >= 15 is 0 Å². The van der Waals surface area contributed by atoms with Gasteiger partial charge in [0.1, 0.15) is 0 Å². The molecule has 1 aromatic rings. The summed E-state index contributed by atoms with van der Waals surface area (Å²) in [5.41, 5.74) is 7.54. The first-order valence-corrected chi connectivity index (χ1v) is 5.13. The molecule has 1 rings (SSSR count). The van der Waals surface area contributed by atoms with Crippen molar-refractivity contribution in [1.82, 2.24) is 0 Å². The molecule has 0 saturated carbocycles. The Morgan fingerprint density at radius 3 is 2.64 bits per heavy atom. The van der Waals surface area contributed by atoms with Gasteiger partial charge in [-0.3, -0.25) is 0 Å². The first kappa shape index (κ1) is 11.5. The molecule has 0 heterocycles. The Kier molecular flexibility index (Phi) is 3.93. The van der Waals surface area contributed by atoms with Gasteiger partial charge in [-0.2, -0.15) is 0 Å². The third-order valence-electron chi connectivity index (χ3n) is 2.41. The molecule has 0 fully saturated rings. The quantitative estimate of drug-likeness (QED) is 0.810. The fraction of sp³-hybridized carbons (Fsp3) is 0.455. The lowest BCUT2D eigenvalue weighted by Gasteiger charge is -2.17. The maximum atomic E-state index is 9.82. The lowest BCUT2D eigenvalue weighted by atomic mass is 10.0. The van der Waals surface area contributed by atoms with Crippen LogP contribution in [0.25, 0.3) is 0 Å². The van der Waals surface area contributed by atoms with Crippen LogP contribution in [0.5, 0.6) is 0 Å². The molecule has 0 radical (unpaired) electrons.